The molecule has 10 heteroatoms. The lowest BCUT2D eigenvalue weighted by Crippen LogP contribution is -2.39. The van der Waals surface area contributed by atoms with Gasteiger partial charge in [-0.1, -0.05) is 46.4 Å². The van der Waals surface area contributed by atoms with Crippen molar-refractivity contribution in [1.29, 1.82) is 0 Å². The predicted molar refractivity (Wildman–Crippen MR) is 130 cm³/mol. The number of thiazole rings is 1. The van der Waals surface area contributed by atoms with E-state index >= 15 is 0 Å². The molecule has 1 aliphatic rings. The number of benzene rings is 2. The first-order valence-electron chi connectivity index (χ1n) is 9.55. The Bertz CT molecular complexity index is 1190. The van der Waals surface area contributed by atoms with E-state index in [1.807, 2.05) is 17.5 Å². The van der Waals surface area contributed by atoms with Crippen LogP contribution in [0.25, 0.3) is 0 Å². The van der Waals surface area contributed by atoms with E-state index in [0.717, 1.165) is 16.4 Å². The topological polar surface area (TPSA) is 50.3 Å². The van der Waals surface area contributed by atoms with Gasteiger partial charge in [0.1, 0.15) is 0 Å². The van der Waals surface area contributed by atoms with Crippen LogP contribution in [0.15, 0.2) is 46.7 Å². The van der Waals surface area contributed by atoms with Crippen LogP contribution in [-0.4, -0.2) is 31.7 Å². The van der Waals surface area contributed by atoms with Crippen LogP contribution in [-0.2, 0) is 16.3 Å². The van der Waals surface area contributed by atoms with Crippen molar-refractivity contribution in [3.05, 3.63) is 73.1 Å². The highest BCUT2D eigenvalue weighted by molar-refractivity contribution is 7.92. The Morgan fingerprint density at radius 3 is 2.32 bits per heavy atom. The molecular formula is C21H18Cl4N2O2S2. The van der Waals surface area contributed by atoms with Gasteiger partial charge in [0.25, 0.3) is 0 Å². The molecule has 1 fully saturated rings. The SMILES string of the molecule is O=S(=O)(c1cc(Cl)ccc1Cl)C1CCN(c2nc(Cc3cc(Cl)cc(Cl)c3)cs2)CC1. The summed E-state index contributed by atoms with van der Waals surface area (Å²) >= 11 is 25.8. The molecule has 0 radical (unpaired) electrons. The minimum atomic E-state index is -3.55. The van der Waals surface area contributed by atoms with Crippen LogP contribution in [0.1, 0.15) is 24.1 Å². The second-order valence-corrected chi connectivity index (χ2v) is 12.1. The summed E-state index contributed by atoms with van der Waals surface area (Å²) < 4.78 is 26.1. The smallest absolute Gasteiger partial charge is 0.185 e. The van der Waals surface area contributed by atoms with Gasteiger partial charge in [0.05, 0.1) is 20.9 Å². The van der Waals surface area contributed by atoms with Crippen molar-refractivity contribution in [3.63, 3.8) is 0 Å². The number of halogens is 4. The van der Waals surface area contributed by atoms with Gasteiger partial charge in [-0.15, -0.1) is 11.3 Å². The fourth-order valence-corrected chi connectivity index (χ4v) is 7.63. The number of hydrogen-bond donors (Lipinski definition) is 0. The lowest BCUT2D eigenvalue weighted by Gasteiger charge is -2.31. The zero-order chi connectivity index (χ0) is 22.2. The molecule has 2 aromatic carbocycles. The standard InChI is InChI=1S/C21H18Cl4N2O2S2/c22-14-1-2-19(25)20(11-14)31(28,29)18-3-5-27(6-4-18)21-26-17(12-30-21)9-13-7-15(23)10-16(24)8-13/h1-2,7-8,10-12,18H,3-6,9H2. The Labute approximate surface area is 205 Å². The van der Waals surface area contributed by atoms with Crippen LogP contribution in [0.4, 0.5) is 5.13 Å². The third-order valence-electron chi connectivity index (χ3n) is 5.20. The molecule has 1 aliphatic heterocycles. The molecular weight excluding hydrogens is 518 g/mol. The van der Waals surface area contributed by atoms with Crippen LogP contribution in [0.2, 0.25) is 20.1 Å². The minimum Gasteiger partial charge on any atom is -0.348 e. The maximum atomic E-state index is 13.1. The summed E-state index contributed by atoms with van der Waals surface area (Å²) in [4.78, 5) is 6.97. The Balaban J connectivity index is 1.43. The summed E-state index contributed by atoms with van der Waals surface area (Å²) in [5.74, 6) is 0. The summed E-state index contributed by atoms with van der Waals surface area (Å²) in [7, 11) is -3.55. The summed E-state index contributed by atoms with van der Waals surface area (Å²) in [6, 6.07) is 10.0. The van der Waals surface area contributed by atoms with Gasteiger partial charge in [0, 0.05) is 40.0 Å². The van der Waals surface area contributed by atoms with Gasteiger partial charge < -0.3 is 4.90 Å². The fourth-order valence-electron chi connectivity index (χ4n) is 3.68. The summed E-state index contributed by atoms with van der Waals surface area (Å²) in [6.45, 7) is 1.22. The van der Waals surface area contributed by atoms with E-state index in [2.05, 4.69) is 4.90 Å². The molecule has 0 amide bonds. The normalized spacial score (nSPS) is 15.4. The Morgan fingerprint density at radius 2 is 1.65 bits per heavy atom. The van der Waals surface area contributed by atoms with Crippen LogP contribution < -0.4 is 4.90 Å². The van der Waals surface area contributed by atoms with Gasteiger partial charge >= 0.3 is 0 Å². The third-order valence-corrected chi connectivity index (χ3v) is 9.56. The predicted octanol–water partition coefficient (Wildman–Crippen LogP) is 6.79. The van der Waals surface area contributed by atoms with E-state index in [4.69, 9.17) is 51.4 Å². The molecule has 0 N–H and O–H groups in total. The summed E-state index contributed by atoms with van der Waals surface area (Å²) in [5, 5.41) is 4.17. The van der Waals surface area contributed by atoms with E-state index < -0.39 is 15.1 Å². The lowest BCUT2D eigenvalue weighted by atomic mass is 10.1. The van der Waals surface area contributed by atoms with E-state index in [1.54, 1.807) is 23.5 Å². The molecule has 164 valence electrons. The number of rotatable bonds is 5. The molecule has 2 heterocycles. The van der Waals surface area contributed by atoms with Gasteiger partial charge in [-0.2, -0.15) is 0 Å². The first-order valence-corrected chi connectivity index (χ1v) is 13.5. The lowest BCUT2D eigenvalue weighted by molar-refractivity contribution is 0.529. The maximum Gasteiger partial charge on any atom is 0.185 e. The van der Waals surface area contributed by atoms with Crippen LogP contribution in [0, 0.1) is 0 Å². The van der Waals surface area contributed by atoms with E-state index in [9.17, 15) is 8.42 Å². The second kappa shape index (κ2) is 9.46. The van der Waals surface area contributed by atoms with Crippen molar-refractivity contribution in [1.82, 2.24) is 4.98 Å². The Kier molecular flexibility index (Phi) is 7.06. The van der Waals surface area contributed by atoms with E-state index in [-0.39, 0.29) is 9.92 Å². The molecule has 0 spiro atoms. The first-order chi connectivity index (χ1) is 14.7. The largest absolute Gasteiger partial charge is 0.348 e. The average Bonchev–Trinajstić information content (AvgIpc) is 3.17. The average molecular weight is 536 g/mol. The Hall–Kier alpha value is -1.02. The number of piperidine rings is 1. The van der Waals surface area contributed by atoms with Gasteiger partial charge in [0.15, 0.2) is 15.0 Å². The van der Waals surface area contributed by atoms with Crippen molar-refractivity contribution in [2.45, 2.75) is 29.4 Å². The molecule has 4 nitrogen and oxygen atoms in total. The molecule has 0 saturated carbocycles. The van der Waals surface area contributed by atoms with Gasteiger partial charge in [-0.3, -0.25) is 0 Å². The molecule has 1 saturated heterocycles. The minimum absolute atomic E-state index is 0.108. The third kappa shape index (κ3) is 5.32. The van der Waals surface area contributed by atoms with Gasteiger partial charge in [-0.25, -0.2) is 13.4 Å². The highest BCUT2D eigenvalue weighted by Gasteiger charge is 2.33. The van der Waals surface area contributed by atoms with Crippen molar-refractivity contribution in [2.75, 3.05) is 18.0 Å². The quantitative estimate of drug-likeness (QED) is 0.361. The molecule has 0 atom stereocenters. The highest BCUT2D eigenvalue weighted by Crippen LogP contribution is 2.33. The monoisotopic (exact) mass is 534 g/mol. The van der Waals surface area contributed by atoms with Crippen molar-refractivity contribution < 1.29 is 8.42 Å². The summed E-state index contributed by atoms with van der Waals surface area (Å²) in [6.07, 6.45) is 1.64. The number of sulfone groups is 1. The number of nitrogens with zero attached hydrogens (tertiary/aromatic N) is 2. The zero-order valence-electron chi connectivity index (χ0n) is 16.2. The molecule has 4 rings (SSSR count). The highest BCUT2D eigenvalue weighted by atomic mass is 35.5. The van der Waals surface area contributed by atoms with Gasteiger partial charge in [0.2, 0.25) is 0 Å². The molecule has 31 heavy (non-hydrogen) atoms. The fraction of sp³-hybridized carbons (Fsp3) is 0.286. The second-order valence-electron chi connectivity index (χ2n) is 7.38. The zero-order valence-corrected chi connectivity index (χ0v) is 20.9. The first kappa shape index (κ1) is 23.1. The van der Waals surface area contributed by atoms with Gasteiger partial charge in [-0.05, 0) is 54.8 Å². The van der Waals surface area contributed by atoms with Crippen molar-refractivity contribution >= 4 is 72.7 Å². The number of hydrogen-bond acceptors (Lipinski definition) is 5. The van der Waals surface area contributed by atoms with E-state index in [1.165, 1.54) is 12.1 Å². The molecule has 0 aliphatic carbocycles. The molecule has 3 aromatic rings. The number of aromatic nitrogens is 1. The van der Waals surface area contributed by atoms with Crippen LogP contribution in [0.5, 0.6) is 0 Å². The summed E-state index contributed by atoms with van der Waals surface area (Å²) in [5.41, 5.74) is 1.93. The maximum absolute atomic E-state index is 13.1. The van der Waals surface area contributed by atoms with Crippen molar-refractivity contribution in [2.24, 2.45) is 0 Å². The number of anilines is 1. The van der Waals surface area contributed by atoms with Crippen molar-refractivity contribution in [3.8, 4) is 0 Å². The molecule has 0 bridgehead atoms. The Morgan fingerprint density at radius 1 is 0.968 bits per heavy atom. The molecule has 0 unspecified atom stereocenters. The van der Waals surface area contributed by atoms with Crippen LogP contribution in [0.3, 0.4) is 0 Å². The van der Waals surface area contributed by atoms with E-state index in [0.29, 0.717) is 47.4 Å². The van der Waals surface area contributed by atoms with Crippen LogP contribution >= 0.6 is 57.7 Å². The molecule has 1 aromatic heterocycles.